The van der Waals surface area contributed by atoms with Crippen LogP contribution in [0.5, 0.6) is 0 Å². The highest BCUT2D eigenvalue weighted by molar-refractivity contribution is 5.79. The topological polar surface area (TPSA) is 59.0 Å². The average molecular weight is 284 g/mol. The molecule has 2 heterocycles. The standard InChI is InChI=1S/C16H20N4O/c1-12(19-16(21)14-7-9-17-11-14)13-3-5-15(6-4-13)20-10-2-8-18-20/h2-6,8,10,12,14,17H,7,9,11H2,1H3,(H,19,21). The molecular formula is C16H20N4O. The van der Waals surface area contributed by atoms with E-state index in [1.165, 1.54) is 0 Å². The summed E-state index contributed by atoms with van der Waals surface area (Å²) in [6.07, 6.45) is 4.59. The van der Waals surface area contributed by atoms with Crippen molar-refractivity contribution in [1.82, 2.24) is 20.4 Å². The quantitative estimate of drug-likeness (QED) is 0.897. The molecule has 5 nitrogen and oxygen atoms in total. The summed E-state index contributed by atoms with van der Waals surface area (Å²) in [7, 11) is 0. The largest absolute Gasteiger partial charge is 0.349 e. The van der Waals surface area contributed by atoms with Crippen molar-refractivity contribution in [2.75, 3.05) is 13.1 Å². The third-order valence-electron chi connectivity index (χ3n) is 3.95. The van der Waals surface area contributed by atoms with Gasteiger partial charge in [-0.15, -0.1) is 0 Å². The molecule has 1 amide bonds. The van der Waals surface area contributed by atoms with Gasteiger partial charge in [-0.3, -0.25) is 4.79 Å². The van der Waals surface area contributed by atoms with E-state index in [1.807, 2.05) is 48.1 Å². The third-order valence-corrected chi connectivity index (χ3v) is 3.95. The molecule has 0 aliphatic carbocycles. The number of hydrogen-bond acceptors (Lipinski definition) is 3. The smallest absolute Gasteiger partial charge is 0.224 e. The molecule has 3 rings (SSSR count). The summed E-state index contributed by atoms with van der Waals surface area (Å²) in [4.78, 5) is 12.1. The Balaban J connectivity index is 1.64. The van der Waals surface area contributed by atoms with Crippen LogP contribution in [0.1, 0.15) is 24.9 Å². The van der Waals surface area contributed by atoms with Crippen LogP contribution in [-0.4, -0.2) is 28.8 Å². The number of nitrogens with zero attached hydrogens (tertiary/aromatic N) is 2. The zero-order valence-corrected chi connectivity index (χ0v) is 12.1. The first-order valence-electron chi connectivity index (χ1n) is 7.35. The number of benzene rings is 1. The maximum absolute atomic E-state index is 12.1. The maximum atomic E-state index is 12.1. The minimum Gasteiger partial charge on any atom is -0.349 e. The molecule has 1 fully saturated rings. The second kappa shape index (κ2) is 6.10. The molecule has 1 aliphatic rings. The minimum atomic E-state index is 0.0183. The number of hydrogen-bond donors (Lipinski definition) is 2. The van der Waals surface area contributed by atoms with Gasteiger partial charge in [0.05, 0.1) is 17.6 Å². The van der Waals surface area contributed by atoms with E-state index >= 15 is 0 Å². The van der Waals surface area contributed by atoms with Gasteiger partial charge in [-0.1, -0.05) is 12.1 Å². The van der Waals surface area contributed by atoms with Crippen LogP contribution in [-0.2, 0) is 4.79 Å². The molecule has 0 bridgehead atoms. The molecule has 2 unspecified atom stereocenters. The lowest BCUT2D eigenvalue weighted by Crippen LogP contribution is -2.33. The van der Waals surface area contributed by atoms with E-state index < -0.39 is 0 Å². The Morgan fingerprint density at radius 2 is 2.24 bits per heavy atom. The van der Waals surface area contributed by atoms with E-state index in [-0.39, 0.29) is 17.9 Å². The van der Waals surface area contributed by atoms with Crippen LogP contribution in [0.3, 0.4) is 0 Å². The van der Waals surface area contributed by atoms with Gasteiger partial charge in [0.1, 0.15) is 0 Å². The van der Waals surface area contributed by atoms with Gasteiger partial charge in [0, 0.05) is 18.9 Å². The Kier molecular flexibility index (Phi) is 4.01. The Labute approximate surface area is 124 Å². The molecule has 110 valence electrons. The van der Waals surface area contributed by atoms with Crippen molar-refractivity contribution in [2.45, 2.75) is 19.4 Å². The van der Waals surface area contributed by atoms with E-state index in [0.717, 1.165) is 30.8 Å². The van der Waals surface area contributed by atoms with Crippen molar-refractivity contribution in [2.24, 2.45) is 5.92 Å². The highest BCUT2D eigenvalue weighted by atomic mass is 16.2. The summed E-state index contributed by atoms with van der Waals surface area (Å²) < 4.78 is 1.82. The number of aromatic nitrogens is 2. The molecule has 1 saturated heterocycles. The Bertz CT molecular complexity index is 585. The maximum Gasteiger partial charge on any atom is 0.224 e. The van der Waals surface area contributed by atoms with E-state index in [9.17, 15) is 4.79 Å². The number of rotatable bonds is 4. The first-order valence-corrected chi connectivity index (χ1v) is 7.35. The van der Waals surface area contributed by atoms with Gasteiger partial charge in [-0.25, -0.2) is 4.68 Å². The molecule has 21 heavy (non-hydrogen) atoms. The summed E-state index contributed by atoms with van der Waals surface area (Å²) in [5.41, 5.74) is 2.12. The number of nitrogens with one attached hydrogen (secondary N) is 2. The summed E-state index contributed by atoms with van der Waals surface area (Å²) in [5.74, 6) is 0.249. The number of carbonyl (C=O) groups excluding carboxylic acids is 1. The van der Waals surface area contributed by atoms with E-state index in [2.05, 4.69) is 15.7 Å². The van der Waals surface area contributed by atoms with Crippen LogP contribution in [0.15, 0.2) is 42.7 Å². The van der Waals surface area contributed by atoms with Crippen molar-refractivity contribution < 1.29 is 4.79 Å². The number of amides is 1. The third kappa shape index (κ3) is 3.13. The molecule has 1 aliphatic heterocycles. The van der Waals surface area contributed by atoms with E-state index in [1.54, 1.807) is 6.20 Å². The molecule has 0 spiro atoms. The van der Waals surface area contributed by atoms with Gasteiger partial charge in [0.2, 0.25) is 5.91 Å². The van der Waals surface area contributed by atoms with Crippen molar-refractivity contribution in [3.05, 3.63) is 48.3 Å². The van der Waals surface area contributed by atoms with Gasteiger partial charge in [0.25, 0.3) is 0 Å². The van der Waals surface area contributed by atoms with Crippen LogP contribution >= 0.6 is 0 Å². The molecule has 2 aromatic rings. The monoisotopic (exact) mass is 284 g/mol. The van der Waals surface area contributed by atoms with Crippen LogP contribution in [0.25, 0.3) is 5.69 Å². The molecule has 1 aromatic heterocycles. The predicted molar refractivity (Wildman–Crippen MR) is 81.1 cm³/mol. The number of carbonyl (C=O) groups is 1. The van der Waals surface area contributed by atoms with Crippen LogP contribution < -0.4 is 10.6 Å². The van der Waals surface area contributed by atoms with E-state index in [0.29, 0.717) is 0 Å². The molecule has 1 aromatic carbocycles. The van der Waals surface area contributed by atoms with Crippen molar-refractivity contribution in [3.63, 3.8) is 0 Å². The minimum absolute atomic E-state index is 0.0183. The van der Waals surface area contributed by atoms with Gasteiger partial charge >= 0.3 is 0 Å². The summed E-state index contributed by atoms with van der Waals surface area (Å²) in [6, 6.07) is 10.0. The molecule has 5 heteroatoms. The fourth-order valence-electron chi connectivity index (χ4n) is 2.63. The zero-order chi connectivity index (χ0) is 14.7. The van der Waals surface area contributed by atoms with Gasteiger partial charge in [0.15, 0.2) is 0 Å². The Morgan fingerprint density at radius 3 is 2.86 bits per heavy atom. The molecule has 0 radical (unpaired) electrons. The predicted octanol–water partition coefficient (Wildman–Crippen LogP) is 1.66. The lowest BCUT2D eigenvalue weighted by atomic mass is 10.0. The Morgan fingerprint density at radius 1 is 1.43 bits per heavy atom. The van der Waals surface area contributed by atoms with Gasteiger partial charge in [-0.2, -0.15) is 5.10 Å². The van der Waals surface area contributed by atoms with Crippen molar-refractivity contribution >= 4 is 5.91 Å². The summed E-state index contributed by atoms with van der Waals surface area (Å²) in [6.45, 7) is 3.74. The molecule has 2 atom stereocenters. The fourth-order valence-corrected chi connectivity index (χ4v) is 2.63. The normalized spacial score (nSPS) is 19.4. The van der Waals surface area contributed by atoms with Crippen LogP contribution in [0.2, 0.25) is 0 Å². The first kappa shape index (κ1) is 13.8. The second-order valence-corrected chi connectivity index (χ2v) is 5.46. The van der Waals surface area contributed by atoms with Gasteiger partial charge < -0.3 is 10.6 Å². The highest BCUT2D eigenvalue weighted by Crippen LogP contribution is 2.17. The van der Waals surface area contributed by atoms with Gasteiger partial charge in [-0.05, 0) is 43.7 Å². The van der Waals surface area contributed by atoms with Crippen molar-refractivity contribution in [1.29, 1.82) is 0 Å². The summed E-state index contributed by atoms with van der Waals surface area (Å²) >= 11 is 0. The zero-order valence-electron chi connectivity index (χ0n) is 12.1. The van der Waals surface area contributed by atoms with Crippen LogP contribution in [0, 0.1) is 5.92 Å². The Hall–Kier alpha value is -2.14. The molecule has 2 N–H and O–H groups in total. The van der Waals surface area contributed by atoms with Crippen LogP contribution in [0.4, 0.5) is 0 Å². The lowest BCUT2D eigenvalue weighted by Gasteiger charge is -2.17. The first-order chi connectivity index (χ1) is 10.2. The second-order valence-electron chi connectivity index (χ2n) is 5.46. The molecular weight excluding hydrogens is 264 g/mol. The highest BCUT2D eigenvalue weighted by Gasteiger charge is 2.23. The van der Waals surface area contributed by atoms with E-state index in [4.69, 9.17) is 0 Å². The fraction of sp³-hybridized carbons (Fsp3) is 0.375. The average Bonchev–Trinajstić information content (AvgIpc) is 3.20. The summed E-state index contributed by atoms with van der Waals surface area (Å²) in [5, 5.41) is 10.5. The van der Waals surface area contributed by atoms with Crippen molar-refractivity contribution in [3.8, 4) is 5.69 Å². The lowest BCUT2D eigenvalue weighted by molar-refractivity contribution is -0.125. The SMILES string of the molecule is CC(NC(=O)C1CCNC1)c1ccc(-n2cccn2)cc1. The molecule has 0 saturated carbocycles.